The van der Waals surface area contributed by atoms with Gasteiger partial charge in [-0.25, -0.2) is 4.98 Å². The molecule has 0 atom stereocenters. The number of carbonyl (C=O) groups excluding carboxylic acids is 1. The number of halogens is 1. The highest BCUT2D eigenvalue weighted by molar-refractivity contribution is 9.10. The fraction of sp³-hybridized carbons (Fsp3) is 0.353. The number of piperazine rings is 1. The molecule has 2 aromatic heterocycles. The zero-order chi connectivity index (χ0) is 16.9. The van der Waals surface area contributed by atoms with E-state index in [9.17, 15) is 4.79 Å². The molecule has 0 spiro atoms. The van der Waals surface area contributed by atoms with E-state index in [-0.39, 0.29) is 5.91 Å². The van der Waals surface area contributed by atoms with Crippen LogP contribution in [0.25, 0.3) is 0 Å². The lowest BCUT2D eigenvalue weighted by Crippen LogP contribution is -2.47. The van der Waals surface area contributed by atoms with Gasteiger partial charge in [0.15, 0.2) is 0 Å². The number of aromatic nitrogens is 2. The predicted molar refractivity (Wildman–Crippen MR) is 96.9 cm³/mol. The maximum atomic E-state index is 12.9. The van der Waals surface area contributed by atoms with Crippen LogP contribution in [0.15, 0.2) is 41.3 Å². The minimum atomic E-state index is 0.0191. The van der Waals surface area contributed by atoms with Gasteiger partial charge in [0.25, 0.3) is 5.91 Å². The highest BCUT2D eigenvalue weighted by atomic mass is 79.9. The minimum absolute atomic E-state index is 0.0191. The van der Waals surface area contributed by atoms with E-state index in [0.717, 1.165) is 36.2 Å². The highest BCUT2D eigenvalue weighted by Crippen LogP contribution is 2.21. The van der Waals surface area contributed by atoms with Crippen molar-refractivity contribution in [2.75, 3.05) is 38.5 Å². The Morgan fingerprint density at radius 2 is 2.08 bits per heavy atom. The van der Waals surface area contributed by atoms with Crippen molar-refractivity contribution >= 4 is 27.7 Å². The Bertz CT molecular complexity index is 701. The molecule has 3 heterocycles. The van der Waals surface area contributed by atoms with Crippen LogP contribution in [-0.2, 0) is 6.54 Å². The fourth-order valence-corrected chi connectivity index (χ4v) is 2.94. The monoisotopic (exact) mass is 389 g/mol. The average Bonchev–Trinajstić information content (AvgIpc) is 2.61. The molecule has 1 aliphatic rings. The standard InChI is InChI=1S/C17H20BrN5O/c1-22-5-7-23(8-6-22)17(24)15-9-14(18)12-21-16(15)20-11-13-3-2-4-19-10-13/h2-4,9-10,12H,5-8,11H2,1H3,(H,20,21). The van der Waals surface area contributed by atoms with E-state index in [1.165, 1.54) is 0 Å². The summed E-state index contributed by atoms with van der Waals surface area (Å²) < 4.78 is 0.798. The zero-order valence-electron chi connectivity index (χ0n) is 13.6. The van der Waals surface area contributed by atoms with Crippen LogP contribution in [0.3, 0.4) is 0 Å². The second kappa shape index (κ2) is 7.72. The first-order chi connectivity index (χ1) is 11.6. The van der Waals surface area contributed by atoms with Crippen molar-refractivity contribution < 1.29 is 4.79 Å². The molecule has 1 N–H and O–H groups in total. The highest BCUT2D eigenvalue weighted by Gasteiger charge is 2.23. The minimum Gasteiger partial charge on any atom is -0.365 e. The second-order valence-electron chi connectivity index (χ2n) is 5.86. The van der Waals surface area contributed by atoms with Gasteiger partial charge in [-0.3, -0.25) is 9.78 Å². The van der Waals surface area contributed by atoms with E-state index in [2.05, 4.69) is 43.2 Å². The first kappa shape index (κ1) is 16.9. The number of rotatable bonds is 4. The largest absolute Gasteiger partial charge is 0.365 e. The van der Waals surface area contributed by atoms with Crippen LogP contribution < -0.4 is 5.32 Å². The van der Waals surface area contributed by atoms with Crippen molar-refractivity contribution in [1.82, 2.24) is 19.8 Å². The molecule has 7 heteroatoms. The number of nitrogens with one attached hydrogen (secondary N) is 1. The van der Waals surface area contributed by atoms with Crippen molar-refractivity contribution in [2.24, 2.45) is 0 Å². The summed E-state index contributed by atoms with van der Waals surface area (Å²) in [5.41, 5.74) is 1.64. The smallest absolute Gasteiger partial charge is 0.257 e. The van der Waals surface area contributed by atoms with Gasteiger partial charge in [-0.1, -0.05) is 6.07 Å². The van der Waals surface area contributed by atoms with E-state index in [4.69, 9.17) is 0 Å². The molecule has 0 aliphatic carbocycles. The molecule has 2 aromatic rings. The van der Waals surface area contributed by atoms with Crippen molar-refractivity contribution in [3.8, 4) is 0 Å². The number of nitrogens with zero attached hydrogens (tertiary/aromatic N) is 4. The predicted octanol–water partition coefficient (Wildman–Crippen LogP) is 2.24. The summed E-state index contributed by atoms with van der Waals surface area (Å²) in [6.07, 6.45) is 5.24. The van der Waals surface area contributed by atoms with E-state index in [0.29, 0.717) is 17.9 Å². The topological polar surface area (TPSA) is 61.4 Å². The Kier molecular flexibility index (Phi) is 5.42. The fourth-order valence-electron chi connectivity index (χ4n) is 2.61. The molecule has 0 saturated carbocycles. The number of anilines is 1. The summed E-state index contributed by atoms with van der Waals surface area (Å²) in [6, 6.07) is 5.71. The summed E-state index contributed by atoms with van der Waals surface area (Å²) >= 11 is 3.41. The number of hydrogen-bond acceptors (Lipinski definition) is 5. The number of likely N-dealkylation sites (N-methyl/N-ethyl adjacent to an activating group) is 1. The Hall–Kier alpha value is -1.99. The first-order valence-corrected chi connectivity index (χ1v) is 8.69. The third-order valence-corrected chi connectivity index (χ3v) is 4.49. The molecule has 0 unspecified atom stereocenters. The summed E-state index contributed by atoms with van der Waals surface area (Å²) in [7, 11) is 2.07. The molecule has 1 fully saturated rings. The van der Waals surface area contributed by atoms with Crippen LogP contribution >= 0.6 is 15.9 Å². The molecule has 24 heavy (non-hydrogen) atoms. The number of carbonyl (C=O) groups is 1. The third kappa shape index (κ3) is 4.10. The Labute approximate surface area is 150 Å². The molecule has 1 amide bonds. The van der Waals surface area contributed by atoms with Crippen LogP contribution in [0.1, 0.15) is 15.9 Å². The summed E-state index contributed by atoms with van der Waals surface area (Å²) in [4.78, 5) is 25.5. The van der Waals surface area contributed by atoms with Crippen LogP contribution in [-0.4, -0.2) is 58.9 Å². The van der Waals surface area contributed by atoms with E-state index >= 15 is 0 Å². The molecule has 1 aliphatic heterocycles. The first-order valence-electron chi connectivity index (χ1n) is 7.89. The van der Waals surface area contributed by atoms with Crippen molar-refractivity contribution in [3.05, 3.63) is 52.4 Å². The van der Waals surface area contributed by atoms with Gasteiger partial charge < -0.3 is 15.1 Å². The van der Waals surface area contributed by atoms with E-state index in [1.807, 2.05) is 23.1 Å². The quantitative estimate of drug-likeness (QED) is 0.868. The summed E-state index contributed by atoms with van der Waals surface area (Å²) in [6.45, 7) is 3.84. The van der Waals surface area contributed by atoms with Gasteiger partial charge in [-0.15, -0.1) is 0 Å². The molecule has 1 saturated heterocycles. The van der Waals surface area contributed by atoms with Crippen LogP contribution in [0.5, 0.6) is 0 Å². The third-order valence-electron chi connectivity index (χ3n) is 4.06. The molecular formula is C17H20BrN5O. The van der Waals surface area contributed by atoms with E-state index in [1.54, 1.807) is 18.6 Å². The Morgan fingerprint density at radius 1 is 1.29 bits per heavy atom. The number of pyridine rings is 2. The molecule has 0 aromatic carbocycles. The van der Waals surface area contributed by atoms with Gasteiger partial charge in [0.1, 0.15) is 5.82 Å². The van der Waals surface area contributed by atoms with Crippen molar-refractivity contribution in [3.63, 3.8) is 0 Å². The van der Waals surface area contributed by atoms with Gasteiger partial charge in [0, 0.05) is 55.8 Å². The molecule has 126 valence electrons. The van der Waals surface area contributed by atoms with Gasteiger partial charge in [0.05, 0.1) is 5.56 Å². The summed E-state index contributed by atoms with van der Waals surface area (Å²) in [5.74, 6) is 0.622. The lowest BCUT2D eigenvalue weighted by Gasteiger charge is -2.32. The second-order valence-corrected chi connectivity index (χ2v) is 6.78. The SMILES string of the molecule is CN1CCN(C(=O)c2cc(Br)cnc2NCc2cccnc2)CC1. The van der Waals surface area contributed by atoms with Gasteiger partial charge in [0.2, 0.25) is 0 Å². The van der Waals surface area contributed by atoms with Crippen LogP contribution in [0, 0.1) is 0 Å². The zero-order valence-corrected chi connectivity index (χ0v) is 15.2. The summed E-state index contributed by atoms with van der Waals surface area (Å²) in [5, 5.41) is 3.26. The Balaban J connectivity index is 1.76. The number of amides is 1. The van der Waals surface area contributed by atoms with Crippen molar-refractivity contribution in [2.45, 2.75) is 6.54 Å². The van der Waals surface area contributed by atoms with Crippen molar-refractivity contribution in [1.29, 1.82) is 0 Å². The van der Waals surface area contributed by atoms with Gasteiger partial charge in [-0.2, -0.15) is 0 Å². The Morgan fingerprint density at radius 3 is 2.79 bits per heavy atom. The van der Waals surface area contributed by atoms with Crippen LogP contribution in [0.4, 0.5) is 5.82 Å². The lowest BCUT2D eigenvalue weighted by molar-refractivity contribution is 0.0664. The molecular weight excluding hydrogens is 370 g/mol. The van der Waals surface area contributed by atoms with Gasteiger partial charge in [-0.05, 0) is 40.7 Å². The maximum Gasteiger partial charge on any atom is 0.257 e. The van der Waals surface area contributed by atoms with Gasteiger partial charge >= 0.3 is 0 Å². The molecule has 0 radical (unpaired) electrons. The van der Waals surface area contributed by atoms with E-state index < -0.39 is 0 Å². The molecule has 0 bridgehead atoms. The maximum absolute atomic E-state index is 12.9. The number of hydrogen-bond donors (Lipinski definition) is 1. The molecule has 6 nitrogen and oxygen atoms in total. The molecule has 3 rings (SSSR count). The lowest BCUT2D eigenvalue weighted by atomic mass is 10.2. The normalized spacial score (nSPS) is 15.3. The van der Waals surface area contributed by atoms with Crippen LogP contribution in [0.2, 0.25) is 0 Å². The average molecular weight is 390 g/mol.